The van der Waals surface area contributed by atoms with Gasteiger partial charge in [-0.2, -0.15) is 5.10 Å². The van der Waals surface area contributed by atoms with Crippen LogP contribution in [-0.4, -0.2) is 22.6 Å². The van der Waals surface area contributed by atoms with Gasteiger partial charge in [-0.25, -0.2) is 0 Å². The predicted molar refractivity (Wildman–Crippen MR) is 84.7 cm³/mol. The van der Waals surface area contributed by atoms with Crippen LogP contribution in [0.4, 0.5) is 0 Å². The summed E-state index contributed by atoms with van der Waals surface area (Å²) in [6.45, 7) is 2.17. The van der Waals surface area contributed by atoms with Gasteiger partial charge in [-0.1, -0.05) is 19.1 Å². The van der Waals surface area contributed by atoms with Gasteiger partial charge in [0.25, 0.3) is 0 Å². The number of nitrogens with one attached hydrogen (secondary N) is 1. The highest BCUT2D eigenvalue weighted by atomic mass is 79.9. The summed E-state index contributed by atoms with van der Waals surface area (Å²) in [6, 6.07) is 8.86. The summed E-state index contributed by atoms with van der Waals surface area (Å²) in [7, 11) is 3.94. The standard InChI is InChI=1S/C14H18BrN3S/c1-4-19-11-7-5-10(6-8-11)13(16-2)14-12(15)9-17-18(14)3/h5-9,13,16H,4H2,1-3H3. The van der Waals surface area contributed by atoms with Gasteiger partial charge in [-0.3, -0.25) is 4.68 Å². The fourth-order valence-corrected chi connectivity index (χ4v) is 3.37. The van der Waals surface area contributed by atoms with E-state index < -0.39 is 0 Å². The van der Waals surface area contributed by atoms with E-state index in [-0.39, 0.29) is 6.04 Å². The topological polar surface area (TPSA) is 29.9 Å². The minimum Gasteiger partial charge on any atom is -0.308 e. The Labute approximate surface area is 126 Å². The third kappa shape index (κ3) is 3.22. The first-order valence-corrected chi connectivity index (χ1v) is 8.02. The van der Waals surface area contributed by atoms with E-state index in [4.69, 9.17) is 0 Å². The first kappa shape index (κ1) is 14.6. The summed E-state index contributed by atoms with van der Waals surface area (Å²) in [5, 5.41) is 7.64. The Hall–Kier alpha value is -0.780. The van der Waals surface area contributed by atoms with Crippen molar-refractivity contribution in [2.24, 2.45) is 7.05 Å². The van der Waals surface area contributed by atoms with Gasteiger partial charge in [0.15, 0.2) is 0 Å². The molecule has 0 bridgehead atoms. The maximum atomic E-state index is 4.28. The Morgan fingerprint density at radius 2 is 2.05 bits per heavy atom. The molecule has 1 N–H and O–H groups in total. The number of thioether (sulfide) groups is 1. The lowest BCUT2D eigenvalue weighted by molar-refractivity contribution is 0.604. The lowest BCUT2D eigenvalue weighted by Crippen LogP contribution is -2.21. The van der Waals surface area contributed by atoms with Gasteiger partial charge in [-0.05, 0) is 46.4 Å². The highest BCUT2D eigenvalue weighted by molar-refractivity contribution is 9.10. The van der Waals surface area contributed by atoms with Crippen LogP contribution in [0.25, 0.3) is 0 Å². The molecule has 2 aromatic rings. The molecule has 19 heavy (non-hydrogen) atoms. The van der Waals surface area contributed by atoms with Gasteiger partial charge in [0.2, 0.25) is 0 Å². The van der Waals surface area contributed by atoms with Crippen molar-refractivity contribution in [2.75, 3.05) is 12.8 Å². The molecule has 2 rings (SSSR count). The van der Waals surface area contributed by atoms with Gasteiger partial charge in [0.05, 0.1) is 22.4 Å². The third-order valence-electron chi connectivity index (χ3n) is 3.02. The number of hydrogen-bond acceptors (Lipinski definition) is 3. The van der Waals surface area contributed by atoms with Crippen LogP contribution in [0.5, 0.6) is 0 Å². The van der Waals surface area contributed by atoms with Crippen molar-refractivity contribution >= 4 is 27.7 Å². The first-order valence-electron chi connectivity index (χ1n) is 6.24. The first-order chi connectivity index (χ1) is 9.17. The minimum atomic E-state index is 0.141. The third-order valence-corrected chi connectivity index (χ3v) is 4.53. The van der Waals surface area contributed by atoms with E-state index in [1.165, 1.54) is 10.5 Å². The lowest BCUT2D eigenvalue weighted by atomic mass is 10.0. The van der Waals surface area contributed by atoms with Crippen LogP contribution < -0.4 is 5.32 Å². The summed E-state index contributed by atoms with van der Waals surface area (Å²) in [5.41, 5.74) is 2.38. The second-order valence-corrected chi connectivity index (χ2v) is 6.42. The number of aryl methyl sites for hydroxylation is 1. The molecule has 1 unspecified atom stereocenters. The molecule has 1 heterocycles. The summed E-state index contributed by atoms with van der Waals surface area (Å²) in [6.07, 6.45) is 1.83. The van der Waals surface area contributed by atoms with E-state index in [0.29, 0.717) is 0 Å². The SMILES string of the molecule is CCSc1ccc(C(NC)c2c(Br)cnn2C)cc1. The smallest absolute Gasteiger partial charge is 0.0757 e. The van der Waals surface area contributed by atoms with Crippen molar-refractivity contribution < 1.29 is 0 Å². The van der Waals surface area contributed by atoms with Crippen molar-refractivity contribution in [3.8, 4) is 0 Å². The molecule has 3 nitrogen and oxygen atoms in total. The average molecular weight is 340 g/mol. The molecule has 0 aliphatic heterocycles. The summed E-state index contributed by atoms with van der Waals surface area (Å²) in [4.78, 5) is 1.31. The Balaban J connectivity index is 2.32. The van der Waals surface area contributed by atoms with Gasteiger partial charge in [0.1, 0.15) is 0 Å². The second kappa shape index (κ2) is 6.59. The zero-order chi connectivity index (χ0) is 13.8. The summed E-state index contributed by atoms with van der Waals surface area (Å²) < 4.78 is 2.93. The number of benzene rings is 1. The van der Waals surface area contributed by atoms with Gasteiger partial charge < -0.3 is 5.32 Å². The molecule has 0 spiro atoms. The Morgan fingerprint density at radius 3 is 2.53 bits per heavy atom. The van der Waals surface area contributed by atoms with Gasteiger partial charge in [0, 0.05) is 11.9 Å². The number of hydrogen-bond donors (Lipinski definition) is 1. The van der Waals surface area contributed by atoms with Crippen molar-refractivity contribution in [1.29, 1.82) is 0 Å². The maximum absolute atomic E-state index is 4.28. The van der Waals surface area contributed by atoms with E-state index >= 15 is 0 Å². The normalized spacial score (nSPS) is 12.6. The van der Waals surface area contributed by atoms with Crippen molar-refractivity contribution in [2.45, 2.75) is 17.9 Å². The monoisotopic (exact) mass is 339 g/mol. The Kier molecular flexibility index (Phi) is 5.07. The number of aromatic nitrogens is 2. The molecule has 1 aromatic carbocycles. The van der Waals surface area contributed by atoms with E-state index in [2.05, 4.69) is 57.5 Å². The van der Waals surface area contributed by atoms with Crippen LogP contribution in [-0.2, 0) is 7.05 Å². The van der Waals surface area contributed by atoms with E-state index in [0.717, 1.165) is 15.9 Å². The maximum Gasteiger partial charge on any atom is 0.0757 e. The van der Waals surface area contributed by atoms with Gasteiger partial charge >= 0.3 is 0 Å². The molecule has 1 atom stereocenters. The lowest BCUT2D eigenvalue weighted by Gasteiger charge is -2.18. The van der Waals surface area contributed by atoms with Crippen LogP contribution in [0.15, 0.2) is 39.8 Å². The Bertz CT molecular complexity index is 517. The molecule has 0 saturated carbocycles. The largest absolute Gasteiger partial charge is 0.308 e. The fraction of sp³-hybridized carbons (Fsp3) is 0.357. The number of nitrogens with zero attached hydrogens (tertiary/aromatic N) is 2. The molecule has 0 radical (unpaired) electrons. The van der Waals surface area contributed by atoms with Crippen LogP contribution in [0.1, 0.15) is 24.2 Å². The van der Waals surface area contributed by atoms with Crippen LogP contribution >= 0.6 is 27.7 Å². The quantitative estimate of drug-likeness (QED) is 0.844. The minimum absolute atomic E-state index is 0.141. The zero-order valence-corrected chi connectivity index (χ0v) is 13.8. The molecule has 0 saturated heterocycles. The molecule has 0 amide bonds. The number of halogens is 1. The van der Waals surface area contributed by atoms with Crippen molar-refractivity contribution in [3.63, 3.8) is 0 Å². The summed E-state index contributed by atoms with van der Waals surface area (Å²) in [5.74, 6) is 1.10. The van der Waals surface area contributed by atoms with E-state index in [1.54, 1.807) is 0 Å². The molecule has 102 valence electrons. The van der Waals surface area contributed by atoms with Gasteiger partial charge in [-0.15, -0.1) is 11.8 Å². The molecular formula is C14H18BrN3S. The van der Waals surface area contributed by atoms with Crippen LogP contribution in [0.3, 0.4) is 0 Å². The predicted octanol–water partition coefficient (Wildman–Crippen LogP) is 3.60. The molecule has 0 aliphatic carbocycles. The molecule has 0 aliphatic rings. The van der Waals surface area contributed by atoms with Crippen molar-refractivity contribution in [3.05, 3.63) is 46.2 Å². The molecule has 0 fully saturated rings. The van der Waals surface area contributed by atoms with Crippen LogP contribution in [0.2, 0.25) is 0 Å². The molecular weight excluding hydrogens is 322 g/mol. The van der Waals surface area contributed by atoms with Crippen LogP contribution in [0, 0.1) is 0 Å². The summed E-state index contributed by atoms with van der Waals surface area (Å²) >= 11 is 5.43. The van der Waals surface area contributed by atoms with E-state index in [1.807, 2.05) is 36.7 Å². The second-order valence-electron chi connectivity index (χ2n) is 4.23. The molecule has 1 aromatic heterocycles. The fourth-order valence-electron chi connectivity index (χ4n) is 2.13. The zero-order valence-electron chi connectivity index (χ0n) is 11.4. The van der Waals surface area contributed by atoms with E-state index in [9.17, 15) is 0 Å². The highest BCUT2D eigenvalue weighted by Gasteiger charge is 2.18. The average Bonchev–Trinajstić information content (AvgIpc) is 2.74. The highest BCUT2D eigenvalue weighted by Crippen LogP contribution is 2.29. The number of rotatable bonds is 5. The Morgan fingerprint density at radius 1 is 1.37 bits per heavy atom. The molecule has 5 heteroatoms. The van der Waals surface area contributed by atoms with Crippen molar-refractivity contribution in [1.82, 2.24) is 15.1 Å².